The standard InChI is InChI=1S/C23H25N5O8P/c1-2-9-32-22(30)15-6-4-3-5-14(15)10-33-37(31)34-11-17-19(36-37)20(29)23(12-24,35-17)18-8-7-16-21(25)26-13-27-28(16)18/h3-8,13,17,19-20,29,31H,2,9-11H2,1H3,(H2,25,26,27)/q+1/t17-,19-,20-,23+,37?/m1/s1. The fraction of sp³-hybridized carbons (Fsp3) is 0.391. The minimum Gasteiger partial charge on any atom is -0.462 e. The summed E-state index contributed by atoms with van der Waals surface area (Å²) in [5.74, 6) is -0.328. The van der Waals surface area contributed by atoms with E-state index in [1.807, 2.05) is 13.0 Å². The van der Waals surface area contributed by atoms with Crippen LogP contribution in [0.5, 0.6) is 0 Å². The van der Waals surface area contributed by atoms with Crippen LogP contribution in [-0.4, -0.2) is 62.1 Å². The second kappa shape index (κ2) is 9.92. The van der Waals surface area contributed by atoms with Gasteiger partial charge in [-0.1, -0.05) is 25.1 Å². The number of fused-ring (bicyclic) bond motifs is 2. The van der Waals surface area contributed by atoms with E-state index in [9.17, 15) is 20.1 Å². The Morgan fingerprint density at radius 2 is 2.19 bits per heavy atom. The highest BCUT2D eigenvalue weighted by molar-refractivity contribution is 7.55. The molecule has 0 spiro atoms. The van der Waals surface area contributed by atoms with Crippen LogP contribution in [0, 0.1) is 11.3 Å². The highest BCUT2D eigenvalue weighted by Crippen LogP contribution is 2.64. The lowest BCUT2D eigenvalue weighted by molar-refractivity contribution is -0.0864. The lowest BCUT2D eigenvalue weighted by Crippen LogP contribution is -2.44. The number of carbonyl (C=O) groups excluding carboxylic acids is 1. The Morgan fingerprint density at radius 3 is 2.97 bits per heavy atom. The summed E-state index contributed by atoms with van der Waals surface area (Å²) in [6.07, 6.45) is -1.68. The van der Waals surface area contributed by atoms with Gasteiger partial charge in [-0.05, 0) is 30.2 Å². The Balaban J connectivity index is 1.35. The molecule has 3 aromatic rings. The number of anilines is 1. The zero-order valence-corrected chi connectivity index (χ0v) is 20.7. The molecule has 0 bridgehead atoms. The predicted molar refractivity (Wildman–Crippen MR) is 127 cm³/mol. The molecule has 2 aliphatic heterocycles. The molecule has 1 aromatic carbocycles. The molecule has 2 aliphatic rings. The molecule has 0 radical (unpaired) electrons. The maximum Gasteiger partial charge on any atom is 0.573 e. The number of carbonyl (C=O) groups is 1. The van der Waals surface area contributed by atoms with Crippen molar-refractivity contribution in [2.75, 3.05) is 18.9 Å². The van der Waals surface area contributed by atoms with Crippen LogP contribution in [0.15, 0.2) is 42.7 Å². The van der Waals surface area contributed by atoms with Gasteiger partial charge in [0.15, 0.2) is 11.9 Å². The van der Waals surface area contributed by atoms with Gasteiger partial charge < -0.3 is 20.3 Å². The van der Waals surface area contributed by atoms with Gasteiger partial charge >= 0.3 is 14.1 Å². The number of aliphatic hydroxyl groups excluding tert-OH is 1. The molecule has 0 amide bonds. The van der Waals surface area contributed by atoms with E-state index >= 15 is 0 Å². The third-order valence-corrected chi connectivity index (χ3v) is 7.62. The molecule has 4 heterocycles. The number of esters is 1. The third kappa shape index (κ3) is 4.43. The van der Waals surface area contributed by atoms with Gasteiger partial charge in [0.2, 0.25) is 5.60 Å². The van der Waals surface area contributed by atoms with Crippen molar-refractivity contribution in [1.82, 2.24) is 14.6 Å². The van der Waals surface area contributed by atoms with Crippen LogP contribution in [0.1, 0.15) is 35.0 Å². The molecule has 0 aliphatic carbocycles. The first-order chi connectivity index (χ1) is 17.8. The van der Waals surface area contributed by atoms with E-state index in [0.29, 0.717) is 17.5 Å². The second-order valence-corrected chi connectivity index (χ2v) is 10.2. The molecule has 13 nitrogen and oxygen atoms in total. The highest BCUT2D eigenvalue weighted by atomic mass is 31.2. The monoisotopic (exact) mass is 530 g/mol. The normalized spacial score (nSPS) is 29.1. The van der Waals surface area contributed by atoms with Gasteiger partial charge in [-0.15, -0.1) is 9.05 Å². The summed E-state index contributed by atoms with van der Waals surface area (Å²) in [6, 6.07) is 11.8. The summed E-state index contributed by atoms with van der Waals surface area (Å²) >= 11 is 0. The quantitative estimate of drug-likeness (QED) is 0.297. The summed E-state index contributed by atoms with van der Waals surface area (Å²) in [5.41, 5.74) is 5.39. The molecular weight excluding hydrogens is 505 g/mol. The van der Waals surface area contributed by atoms with Crippen molar-refractivity contribution < 1.29 is 37.8 Å². The minimum absolute atomic E-state index is 0.186. The number of aliphatic hydroxyl groups is 1. The minimum atomic E-state index is -3.96. The van der Waals surface area contributed by atoms with E-state index in [1.54, 1.807) is 36.4 Å². The van der Waals surface area contributed by atoms with E-state index in [1.165, 1.54) is 10.8 Å². The summed E-state index contributed by atoms with van der Waals surface area (Å²) in [4.78, 5) is 27.3. The molecular formula is C23H25N5O8P+. The maximum atomic E-state index is 12.4. The van der Waals surface area contributed by atoms with E-state index in [4.69, 9.17) is 28.8 Å². The van der Waals surface area contributed by atoms with Crippen molar-refractivity contribution in [1.29, 1.82) is 5.26 Å². The predicted octanol–water partition coefficient (Wildman–Crippen LogP) is 1.66. The number of rotatable bonds is 7. The Kier molecular flexibility index (Phi) is 6.82. The molecule has 2 aromatic heterocycles. The SMILES string of the molecule is CCCOC(=O)c1ccccc1CO[P+]1(O)OC[C@H]2O[C@@](C#N)(c3ccc4c(N)ncnn34)[C@H](O)[C@@H]2O1. The fourth-order valence-electron chi connectivity index (χ4n) is 4.35. The molecule has 5 rings (SSSR count). The summed E-state index contributed by atoms with van der Waals surface area (Å²) in [7, 11) is -3.96. The number of nitrogen functional groups attached to an aromatic ring is 1. The molecule has 1 unspecified atom stereocenters. The number of aromatic nitrogens is 3. The van der Waals surface area contributed by atoms with Crippen LogP contribution >= 0.6 is 8.17 Å². The first-order valence-electron chi connectivity index (χ1n) is 11.5. The van der Waals surface area contributed by atoms with Crippen LogP contribution in [0.3, 0.4) is 0 Å². The lowest BCUT2D eigenvalue weighted by Gasteiger charge is -2.27. The third-order valence-electron chi connectivity index (χ3n) is 6.17. The van der Waals surface area contributed by atoms with Gasteiger partial charge in [0.25, 0.3) is 0 Å². The van der Waals surface area contributed by atoms with Gasteiger partial charge in [-0.2, -0.15) is 19.8 Å². The van der Waals surface area contributed by atoms with Crippen molar-refractivity contribution in [3.8, 4) is 6.07 Å². The molecule has 4 N–H and O–H groups in total. The van der Waals surface area contributed by atoms with Gasteiger partial charge in [0.05, 0.1) is 17.9 Å². The van der Waals surface area contributed by atoms with Crippen molar-refractivity contribution in [2.45, 2.75) is 43.9 Å². The molecule has 0 saturated carbocycles. The van der Waals surface area contributed by atoms with Gasteiger partial charge in [-0.25, -0.2) is 14.3 Å². The Morgan fingerprint density at radius 1 is 1.38 bits per heavy atom. The largest absolute Gasteiger partial charge is 0.573 e. The second-order valence-electron chi connectivity index (χ2n) is 8.51. The summed E-state index contributed by atoms with van der Waals surface area (Å²) < 4.78 is 29.3. The first kappa shape index (κ1) is 25.4. The van der Waals surface area contributed by atoms with Crippen LogP contribution in [0.2, 0.25) is 0 Å². The Labute approximate surface area is 211 Å². The van der Waals surface area contributed by atoms with Crippen LogP contribution < -0.4 is 5.73 Å². The number of hydrogen-bond donors (Lipinski definition) is 3. The first-order valence-corrected chi connectivity index (χ1v) is 13.0. The lowest BCUT2D eigenvalue weighted by atomic mass is 9.92. The van der Waals surface area contributed by atoms with Gasteiger partial charge in [-0.3, -0.25) is 0 Å². The van der Waals surface area contributed by atoms with Gasteiger partial charge in [0.1, 0.15) is 43.3 Å². The van der Waals surface area contributed by atoms with Crippen LogP contribution in [-0.2, 0) is 35.3 Å². The molecule has 14 heteroatoms. The number of nitrogens with zero attached hydrogens (tertiary/aromatic N) is 4. The zero-order chi connectivity index (χ0) is 26.2. The van der Waals surface area contributed by atoms with Crippen molar-refractivity contribution in [3.05, 3.63) is 59.5 Å². The van der Waals surface area contributed by atoms with Gasteiger partial charge in [0, 0.05) is 0 Å². The molecule has 2 saturated heterocycles. The number of hydrogen-bond acceptors (Lipinski definition) is 12. The average molecular weight is 530 g/mol. The Hall–Kier alpha value is -3.21. The van der Waals surface area contributed by atoms with Crippen LogP contribution in [0.4, 0.5) is 5.82 Å². The summed E-state index contributed by atoms with van der Waals surface area (Å²) in [5, 5.41) is 25.5. The average Bonchev–Trinajstić information content (AvgIpc) is 3.47. The van der Waals surface area contributed by atoms with E-state index in [-0.39, 0.29) is 36.9 Å². The van der Waals surface area contributed by atoms with E-state index < -0.39 is 38.1 Å². The maximum absolute atomic E-state index is 12.4. The number of nitriles is 1. The van der Waals surface area contributed by atoms with Crippen LogP contribution in [0.25, 0.3) is 5.52 Å². The fourth-order valence-corrected chi connectivity index (χ4v) is 5.74. The topological polar surface area (TPSA) is 184 Å². The molecule has 37 heavy (non-hydrogen) atoms. The number of nitrogens with two attached hydrogens (primary N) is 1. The molecule has 2 fully saturated rings. The van der Waals surface area contributed by atoms with Crippen molar-refractivity contribution in [3.63, 3.8) is 0 Å². The Bertz CT molecular complexity index is 1360. The zero-order valence-electron chi connectivity index (χ0n) is 19.8. The smallest absolute Gasteiger partial charge is 0.462 e. The summed E-state index contributed by atoms with van der Waals surface area (Å²) in [6.45, 7) is 1.72. The van der Waals surface area contributed by atoms with Crippen molar-refractivity contribution >= 4 is 25.5 Å². The number of benzene rings is 1. The van der Waals surface area contributed by atoms with E-state index in [0.717, 1.165) is 0 Å². The highest BCUT2D eigenvalue weighted by Gasteiger charge is 2.67. The van der Waals surface area contributed by atoms with E-state index in [2.05, 4.69) is 10.1 Å². The molecule has 194 valence electrons. The van der Waals surface area contributed by atoms with Crippen molar-refractivity contribution in [2.24, 2.45) is 0 Å². The number of ether oxygens (including phenoxy) is 2. The molecule has 5 atom stereocenters.